The van der Waals surface area contributed by atoms with Gasteiger partial charge in [0.15, 0.2) is 0 Å². The summed E-state index contributed by atoms with van der Waals surface area (Å²) in [6.07, 6.45) is 1.38. The molecule has 0 aliphatic rings. The van der Waals surface area contributed by atoms with Crippen molar-refractivity contribution in [1.29, 1.82) is 0 Å². The van der Waals surface area contributed by atoms with E-state index in [2.05, 4.69) is 11.9 Å². The number of nitrogens with zero attached hydrogens (tertiary/aromatic N) is 1. The fourth-order valence-electron chi connectivity index (χ4n) is 1.74. The number of carbonyl (C=O) groups excluding carboxylic acids is 2. The van der Waals surface area contributed by atoms with E-state index in [-0.39, 0.29) is 12.3 Å². The molecular formula is C16H15F3N2O2. The molecular weight excluding hydrogens is 309 g/mol. The van der Waals surface area contributed by atoms with Crippen LogP contribution in [-0.4, -0.2) is 36.0 Å². The second-order valence-electron chi connectivity index (χ2n) is 4.64. The summed E-state index contributed by atoms with van der Waals surface area (Å²) < 4.78 is 37.3. The maximum absolute atomic E-state index is 12.4. The largest absolute Gasteiger partial charge is 0.406 e. The quantitative estimate of drug-likeness (QED) is 0.645. The van der Waals surface area contributed by atoms with Crippen LogP contribution in [0.1, 0.15) is 5.56 Å². The molecule has 0 aromatic heterocycles. The van der Waals surface area contributed by atoms with E-state index in [1.54, 1.807) is 12.1 Å². The normalized spacial score (nSPS) is 10.5. The summed E-state index contributed by atoms with van der Waals surface area (Å²) in [5.41, 5.74) is 0.998. The summed E-state index contributed by atoms with van der Waals surface area (Å²) in [7, 11) is 0. The molecule has 0 bridgehead atoms. The molecule has 0 atom stereocenters. The third-order valence-electron chi connectivity index (χ3n) is 2.77. The predicted molar refractivity (Wildman–Crippen MR) is 80.4 cm³/mol. The first kappa shape index (κ1) is 18.3. The minimum absolute atomic E-state index is 0.215. The van der Waals surface area contributed by atoms with Crippen molar-refractivity contribution in [2.24, 2.45) is 0 Å². The molecule has 0 saturated carbocycles. The van der Waals surface area contributed by atoms with Gasteiger partial charge in [-0.2, -0.15) is 13.2 Å². The number of halogens is 3. The summed E-state index contributed by atoms with van der Waals surface area (Å²) in [4.78, 5) is 23.6. The molecule has 1 N–H and O–H groups in total. The molecule has 0 spiro atoms. The highest BCUT2D eigenvalue weighted by Gasteiger charge is 2.32. The number of nitrogens with one attached hydrogen (secondary N) is 1. The standard InChI is InChI=1S/C16H15F3N2O2/c1-3-9-21(11-16(17,18)19)15(23)10-12-5-7-13(8-6-12)20-14(22)4-2/h1,4-8H,2,9-11H2,(H,20,22). The lowest BCUT2D eigenvalue weighted by Gasteiger charge is -2.21. The third-order valence-corrected chi connectivity index (χ3v) is 2.77. The van der Waals surface area contributed by atoms with Gasteiger partial charge in [0, 0.05) is 5.69 Å². The number of terminal acetylenes is 1. The van der Waals surface area contributed by atoms with Crippen LogP contribution in [0.4, 0.5) is 18.9 Å². The van der Waals surface area contributed by atoms with Gasteiger partial charge < -0.3 is 10.2 Å². The zero-order valence-electron chi connectivity index (χ0n) is 12.2. The number of hydrogen-bond donors (Lipinski definition) is 1. The van der Waals surface area contributed by atoms with Crippen LogP contribution in [0, 0.1) is 12.3 Å². The van der Waals surface area contributed by atoms with Crippen LogP contribution in [0.2, 0.25) is 0 Å². The molecule has 4 nitrogen and oxygen atoms in total. The second kappa shape index (κ2) is 8.03. The SMILES string of the molecule is C#CCN(CC(F)(F)F)C(=O)Cc1ccc(NC(=O)C=C)cc1. The van der Waals surface area contributed by atoms with E-state index in [0.717, 1.165) is 6.08 Å². The first-order valence-electron chi connectivity index (χ1n) is 6.55. The third kappa shape index (κ3) is 6.70. The minimum atomic E-state index is -4.51. The Morgan fingerprint density at radius 2 is 1.91 bits per heavy atom. The topological polar surface area (TPSA) is 49.4 Å². The molecule has 1 aromatic rings. The highest BCUT2D eigenvalue weighted by molar-refractivity contribution is 5.98. The minimum Gasteiger partial charge on any atom is -0.323 e. The summed E-state index contributed by atoms with van der Waals surface area (Å²) in [5, 5.41) is 2.52. The van der Waals surface area contributed by atoms with Gasteiger partial charge in [0.25, 0.3) is 0 Å². The van der Waals surface area contributed by atoms with Crippen molar-refractivity contribution in [2.45, 2.75) is 12.6 Å². The summed E-state index contributed by atoms with van der Waals surface area (Å²) in [6, 6.07) is 6.16. The number of alkyl halides is 3. The van der Waals surface area contributed by atoms with E-state index < -0.39 is 25.2 Å². The highest BCUT2D eigenvalue weighted by atomic mass is 19.4. The van der Waals surface area contributed by atoms with Crippen molar-refractivity contribution in [3.05, 3.63) is 42.5 Å². The molecule has 0 radical (unpaired) electrons. The van der Waals surface area contributed by atoms with Gasteiger partial charge in [0.1, 0.15) is 6.54 Å². The summed E-state index contributed by atoms with van der Waals surface area (Å²) in [6.45, 7) is 1.51. The molecule has 0 unspecified atom stereocenters. The van der Waals surface area contributed by atoms with Crippen LogP contribution in [0.15, 0.2) is 36.9 Å². The van der Waals surface area contributed by atoms with Crippen molar-refractivity contribution in [1.82, 2.24) is 4.90 Å². The fourth-order valence-corrected chi connectivity index (χ4v) is 1.74. The molecule has 23 heavy (non-hydrogen) atoms. The van der Waals surface area contributed by atoms with Crippen molar-refractivity contribution in [2.75, 3.05) is 18.4 Å². The summed E-state index contributed by atoms with van der Waals surface area (Å²) >= 11 is 0. The zero-order valence-corrected chi connectivity index (χ0v) is 12.2. The van der Waals surface area contributed by atoms with Crippen LogP contribution in [-0.2, 0) is 16.0 Å². The van der Waals surface area contributed by atoms with E-state index in [1.807, 2.05) is 5.92 Å². The molecule has 1 aromatic carbocycles. The van der Waals surface area contributed by atoms with E-state index in [4.69, 9.17) is 6.42 Å². The van der Waals surface area contributed by atoms with Crippen LogP contribution < -0.4 is 5.32 Å². The van der Waals surface area contributed by atoms with Gasteiger partial charge in [0.05, 0.1) is 13.0 Å². The average Bonchev–Trinajstić information content (AvgIpc) is 2.47. The Bertz CT molecular complexity index is 616. The maximum Gasteiger partial charge on any atom is 0.406 e. The Kier molecular flexibility index (Phi) is 6.39. The number of hydrogen-bond acceptors (Lipinski definition) is 2. The van der Waals surface area contributed by atoms with Crippen molar-refractivity contribution >= 4 is 17.5 Å². The van der Waals surface area contributed by atoms with E-state index in [9.17, 15) is 22.8 Å². The first-order chi connectivity index (χ1) is 10.7. The number of benzene rings is 1. The van der Waals surface area contributed by atoms with Gasteiger partial charge in [-0.25, -0.2) is 0 Å². The fraction of sp³-hybridized carbons (Fsp3) is 0.250. The number of amides is 2. The van der Waals surface area contributed by atoms with Gasteiger partial charge >= 0.3 is 6.18 Å². The van der Waals surface area contributed by atoms with Crippen molar-refractivity contribution in [3.8, 4) is 12.3 Å². The number of anilines is 1. The maximum atomic E-state index is 12.4. The molecule has 0 saturated heterocycles. The summed E-state index contributed by atoms with van der Waals surface area (Å²) in [5.74, 6) is 0.933. The van der Waals surface area contributed by atoms with E-state index in [0.29, 0.717) is 16.2 Å². The van der Waals surface area contributed by atoms with Crippen molar-refractivity contribution < 1.29 is 22.8 Å². The predicted octanol–water partition coefficient (Wildman–Crippen LogP) is 2.38. The van der Waals surface area contributed by atoms with E-state index >= 15 is 0 Å². The molecule has 0 fully saturated rings. The molecule has 0 heterocycles. The van der Waals surface area contributed by atoms with Crippen LogP contribution in [0.25, 0.3) is 0 Å². The Hall–Kier alpha value is -2.75. The van der Waals surface area contributed by atoms with Crippen molar-refractivity contribution in [3.63, 3.8) is 0 Å². The molecule has 0 aliphatic heterocycles. The van der Waals surface area contributed by atoms with Crippen LogP contribution >= 0.6 is 0 Å². The first-order valence-corrected chi connectivity index (χ1v) is 6.55. The van der Waals surface area contributed by atoms with Gasteiger partial charge in [0.2, 0.25) is 11.8 Å². The van der Waals surface area contributed by atoms with E-state index in [1.165, 1.54) is 12.1 Å². The van der Waals surface area contributed by atoms with Gasteiger partial charge in [-0.3, -0.25) is 9.59 Å². The lowest BCUT2D eigenvalue weighted by Crippen LogP contribution is -2.40. The zero-order chi connectivity index (χ0) is 17.5. The highest BCUT2D eigenvalue weighted by Crippen LogP contribution is 2.17. The second-order valence-corrected chi connectivity index (χ2v) is 4.64. The molecule has 7 heteroatoms. The smallest absolute Gasteiger partial charge is 0.323 e. The Labute approximate surface area is 132 Å². The monoisotopic (exact) mass is 324 g/mol. The molecule has 2 amide bonds. The van der Waals surface area contributed by atoms with Gasteiger partial charge in [-0.1, -0.05) is 24.6 Å². The molecule has 122 valence electrons. The Morgan fingerprint density at radius 1 is 1.30 bits per heavy atom. The Balaban J connectivity index is 2.73. The van der Waals surface area contributed by atoms with Gasteiger partial charge in [-0.05, 0) is 23.8 Å². The number of carbonyl (C=O) groups is 2. The number of rotatable bonds is 6. The van der Waals surface area contributed by atoms with Crippen LogP contribution in [0.3, 0.4) is 0 Å². The van der Waals surface area contributed by atoms with Crippen LogP contribution in [0.5, 0.6) is 0 Å². The lowest BCUT2D eigenvalue weighted by molar-refractivity contribution is -0.159. The van der Waals surface area contributed by atoms with Gasteiger partial charge in [-0.15, -0.1) is 6.42 Å². The lowest BCUT2D eigenvalue weighted by atomic mass is 10.1. The average molecular weight is 324 g/mol. The molecule has 0 aliphatic carbocycles. The Morgan fingerprint density at radius 3 is 2.39 bits per heavy atom. The molecule has 1 rings (SSSR count).